The number of hydrogen-bond donors (Lipinski definition) is 1. The van der Waals surface area contributed by atoms with Gasteiger partial charge in [-0.25, -0.2) is 0 Å². The van der Waals surface area contributed by atoms with Crippen LogP contribution in [0.5, 0.6) is 11.5 Å². The van der Waals surface area contributed by atoms with E-state index in [2.05, 4.69) is 17.0 Å². The Hall–Kier alpha value is -1.36. The van der Waals surface area contributed by atoms with Crippen LogP contribution < -0.4 is 14.8 Å². The van der Waals surface area contributed by atoms with Gasteiger partial charge in [-0.1, -0.05) is 13.0 Å². The molecule has 0 atom stereocenters. The molecule has 1 saturated carbocycles. The largest absolute Gasteiger partial charge is 0.490 e. The molecule has 5 heteroatoms. The fourth-order valence-corrected chi connectivity index (χ4v) is 2.67. The molecule has 0 unspecified atom stereocenters. The molecule has 1 aliphatic carbocycles. The van der Waals surface area contributed by atoms with Gasteiger partial charge in [-0.3, -0.25) is 0 Å². The van der Waals surface area contributed by atoms with Crippen LogP contribution in [0.25, 0.3) is 0 Å². The number of halogens is 2. The average Bonchev–Trinajstić information content (AvgIpc) is 2.40. The van der Waals surface area contributed by atoms with E-state index < -0.39 is 6.61 Å². The fourth-order valence-electron chi connectivity index (χ4n) is 2.67. The number of rotatable bonds is 8. The Morgan fingerprint density at radius 2 is 2.00 bits per heavy atom. The van der Waals surface area contributed by atoms with Gasteiger partial charge in [-0.05, 0) is 50.3 Å². The molecule has 0 heterocycles. The van der Waals surface area contributed by atoms with Gasteiger partial charge in [0.1, 0.15) is 0 Å². The van der Waals surface area contributed by atoms with E-state index in [1.807, 2.05) is 6.92 Å². The zero-order valence-corrected chi connectivity index (χ0v) is 12.6. The second-order valence-corrected chi connectivity index (χ2v) is 5.43. The highest BCUT2D eigenvalue weighted by molar-refractivity contribution is 5.43. The molecule has 21 heavy (non-hydrogen) atoms. The first-order chi connectivity index (χ1) is 10.1. The fraction of sp³-hybridized carbons (Fsp3) is 0.625. The molecule has 0 spiro atoms. The number of benzene rings is 1. The summed E-state index contributed by atoms with van der Waals surface area (Å²) in [6.45, 7) is 2.29. The van der Waals surface area contributed by atoms with Crippen molar-refractivity contribution in [3.63, 3.8) is 0 Å². The molecule has 0 aromatic heterocycles. The summed E-state index contributed by atoms with van der Waals surface area (Å²) >= 11 is 0. The van der Waals surface area contributed by atoms with Crippen LogP contribution in [-0.4, -0.2) is 18.8 Å². The van der Waals surface area contributed by atoms with Crippen molar-refractivity contribution in [3.8, 4) is 11.5 Å². The van der Waals surface area contributed by atoms with Gasteiger partial charge >= 0.3 is 6.61 Å². The van der Waals surface area contributed by atoms with Gasteiger partial charge in [0.25, 0.3) is 0 Å². The summed E-state index contributed by atoms with van der Waals surface area (Å²) in [6.07, 6.45) is 4.78. The maximum atomic E-state index is 12.4. The van der Waals surface area contributed by atoms with Crippen molar-refractivity contribution in [2.45, 2.75) is 58.2 Å². The molecule has 1 aromatic rings. The van der Waals surface area contributed by atoms with E-state index in [4.69, 9.17) is 4.74 Å². The quantitative estimate of drug-likeness (QED) is 0.783. The van der Waals surface area contributed by atoms with Gasteiger partial charge in [0.05, 0.1) is 6.61 Å². The summed E-state index contributed by atoms with van der Waals surface area (Å²) in [5, 5.41) is 3.58. The minimum Gasteiger partial charge on any atom is -0.490 e. The molecule has 1 aromatic carbocycles. The maximum absolute atomic E-state index is 12.4. The topological polar surface area (TPSA) is 30.5 Å². The van der Waals surface area contributed by atoms with Crippen LogP contribution in [-0.2, 0) is 6.54 Å². The van der Waals surface area contributed by atoms with Crippen LogP contribution in [0.4, 0.5) is 8.78 Å². The lowest BCUT2D eigenvalue weighted by atomic mass is 9.75. The van der Waals surface area contributed by atoms with E-state index in [1.54, 1.807) is 18.2 Å². The van der Waals surface area contributed by atoms with Crippen molar-refractivity contribution < 1.29 is 18.3 Å². The number of hydrogen-bond acceptors (Lipinski definition) is 3. The summed E-state index contributed by atoms with van der Waals surface area (Å²) in [5.74, 6) is 0.459. The van der Waals surface area contributed by atoms with Gasteiger partial charge < -0.3 is 14.8 Å². The molecule has 0 aliphatic heterocycles. The van der Waals surface area contributed by atoms with Crippen molar-refractivity contribution in [1.82, 2.24) is 5.32 Å². The van der Waals surface area contributed by atoms with Gasteiger partial charge in [-0.2, -0.15) is 8.78 Å². The Bertz CT molecular complexity index is 456. The van der Waals surface area contributed by atoms with Crippen LogP contribution in [0, 0.1) is 0 Å². The third-order valence-corrected chi connectivity index (χ3v) is 4.18. The molecule has 0 saturated heterocycles. The Morgan fingerprint density at radius 3 is 2.52 bits per heavy atom. The first-order valence-corrected chi connectivity index (χ1v) is 7.54. The van der Waals surface area contributed by atoms with E-state index in [1.165, 1.54) is 19.3 Å². The van der Waals surface area contributed by atoms with Crippen LogP contribution in [0.2, 0.25) is 0 Å². The van der Waals surface area contributed by atoms with Crippen molar-refractivity contribution in [2.24, 2.45) is 0 Å². The Kier molecular flexibility index (Phi) is 5.39. The lowest BCUT2D eigenvalue weighted by Crippen LogP contribution is -2.49. The van der Waals surface area contributed by atoms with Crippen LogP contribution >= 0.6 is 0 Å². The minimum atomic E-state index is -2.84. The number of ether oxygens (including phenoxy) is 2. The summed E-state index contributed by atoms with van der Waals surface area (Å²) < 4.78 is 34.6. The molecule has 1 aliphatic rings. The van der Waals surface area contributed by atoms with Crippen LogP contribution in [0.15, 0.2) is 18.2 Å². The Labute approximate surface area is 124 Å². The molecule has 0 bridgehead atoms. The second-order valence-electron chi connectivity index (χ2n) is 5.43. The standard InChI is InChI=1S/C16H23F2NO2/c1-3-16(8-5-9-16)19-11-12-6-7-13(21-15(17)18)14(10-12)20-4-2/h6-7,10,15,19H,3-5,8-9,11H2,1-2H3. The predicted octanol–water partition coefficient (Wildman–Crippen LogP) is 4.11. The molecule has 1 N–H and O–H groups in total. The molecular formula is C16H23F2NO2. The lowest BCUT2D eigenvalue weighted by molar-refractivity contribution is -0.0514. The molecular weight excluding hydrogens is 276 g/mol. The molecule has 1 fully saturated rings. The molecule has 118 valence electrons. The Morgan fingerprint density at radius 1 is 1.24 bits per heavy atom. The molecule has 0 radical (unpaired) electrons. The third kappa shape index (κ3) is 4.06. The minimum absolute atomic E-state index is 0.0875. The van der Waals surface area contributed by atoms with Crippen molar-refractivity contribution >= 4 is 0 Å². The summed E-state index contributed by atoms with van der Waals surface area (Å²) in [5.41, 5.74) is 1.27. The summed E-state index contributed by atoms with van der Waals surface area (Å²) in [6, 6.07) is 5.12. The highest BCUT2D eigenvalue weighted by Gasteiger charge is 2.34. The van der Waals surface area contributed by atoms with Crippen molar-refractivity contribution in [1.29, 1.82) is 0 Å². The zero-order chi connectivity index (χ0) is 15.3. The predicted molar refractivity (Wildman–Crippen MR) is 78.0 cm³/mol. The van der Waals surface area contributed by atoms with Gasteiger partial charge in [0.2, 0.25) is 0 Å². The van der Waals surface area contributed by atoms with Crippen LogP contribution in [0.1, 0.15) is 45.1 Å². The molecule has 2 rings (SSSR count). The van der Waals surface area contributed by atoms with Crippen molar-refractivity contribution in [3.05, 3.63) is 23.8 Å². The second kappa shape index (κ2) is 7.07. The lowest BCUT2D eigenvalue weighted by Gasteiger charge is -2.42. The monoisotopic (exact) mass is 299 g/mol. The number of nitrogens with one attached hydrogen (secondary N) is 1. The normalized spacial score (nSPS) is 16.6. The Balaban J connectivity index is 2.04. The average molecular weight is 299 g/mol. The first kappa shape index (κ1) is 16.0. The van der Waals surface area contributed by atoms with E-state index >= 15 is 0 Å². The maximum Gasteiger partial charge on any atom is 0.387 e. The van der Waals surface area contributed by atoms with E-state index in [0.717, 1.165) is 12.0 Å². The SMILES string of the molecule is CCOc1cc(CNC2(CC)CCC2)ccc1OC(F)F. The third-order valence-electron chi connectivity index (χ3n) is 4.18. The molecule has 0 amide bonds. The smallest absolute Gasteiger partial charge is 0.387 e. The molecule has 3 nitrogen and oxygen atoms in total. The highest BCUT2D eigenvalue weighted by Crippen LogP contribution is 2.35. The summed E-state index contributed by atoms with van der Waals surface area (Å²) in [4.78, 5) is 0. The summed E-state index contributed by atoms with van der Waals surface area (Å²) in [7, 11) is 0. The van der Waals surface area contributed by atoms with E-state index in [-0.39, 0.29) is 11.3 Å². The van der Waals surface area contributed by atoms with E-state index in [0.29, 0.717) is 18.9 Å². The van der Waals surface area contributed by atoms with E-state index in [9.17, 15) is 8.78 Å². The van der Waals surface area contributed by atoms with Crippen molar-refractivity contribution in [2.75, 3.05) is 6.61 Å². The van der Waals surface area contributed by atoms with Crippen LogP contribution in [0.3, 0.4) is 0 Å². The number of alkyl halides is 2. The zero-order valence-electron chi connectivity index (χ0n) is 12.6. The van der Waals surface area contributed by atoms with Gasteiger partial charge in [0, 0.05) is 12.1 Å². The first-order valence-electron chi connectivity index (χ1n) is 7.54. The highest BCUT2D eigenvalue weighted by atomic mass is 19.3. The van der Waals surface area contributed by atoms with Gasteiger partial charge in [0.15, 0.2) is 11.5 Å². The van der Waals surface area contributed by atoms with Gasteiger partial charge in [-0.15, -0.1) is 0 Å².